The summed E-state index contributed by atoms with van der Waals surface area (Å²) in [5.74, 6) is 0.514. The van der Waals surface area contributed by atoms with E-state index in [1.165, 1.54) is 5.57 Å². The minimum atomic E-state index is 0.514. The molecule has 0 radical (unpaired) electrons. The van der Waals surface area contributed by atoms with E-state index in [9.17, 15) is 5.11 Å². The van der Waals surface area contributed by atoms with E-state index in [-0.39, 0.29) is 0 Å². The van der Waals surface area contributed by atoms with Gasteiger partial charge in [0.25, 0.3) is 0 Å². The molecule has 1 aliphatic rings. The first-order chi connectivity index (χ1) is 5.11. The molecule has 0 amide bonds. The summed E-state index contributed by atoms with van der Waals surface area (Å²) in [7, 11) is 3.89. The van der Waals surface area contributed by atoms with Crippen LogP contribution in [0, 0.1) is 0 Å². The maximum atomic E-state index is 9.45. The molecule has 0 unspecified atom stereocenters. The van der Waals surface area contributed by atoms with Crippen molar-refractivity contribution < 1.29 is 5.11 Å². The molecule has 0 aromatic carbocycles. The maximum Gasteiger partial charge on any atom is 0.116 e. The average Bonchev–Trinajstić information content (AvgIpc) is 1.94. The average molecular weight is 153 g/mol. The molecule has 0 bridgehead atoms. The Balaban J connectivity index is 2.89. The van der Waals surface area contributed by atoms with Crippen LogP contribution in [0.1, 0.15) is 19.8 Å². The predicted octanol–water partition coefficient (Wildman–Crippen LogP) is 2.06. The van der Waals surface area contributed by atoms with Gasteiger partial charge < -0.3 is 10.0 Å². The van der Waals surface area contributed by atoms with Crippen LogP contribution in [-0.4, -0.2) is 24.1 Å². The molecule has 0 fully saturated rings. The lowest BCUT2D eigenvalue weighted by atomic mass is 10.0. The lowest BCUT2D eigenvalue weighted by molar-refractivity contribution is 0.351. The number of hydrogen-bond acceptors (Lipinski definition) is 2. The molecular weight excluding hydrogens is 138 g/mol. The molecule has 0 atom stereocenters. The van der Waals surface area contributed by atoms with Gasteiger partial charge in [-0.25, -0.2) is 0 Å². The summed E-state index contributed by atoms with van der Waals surface area (Å²) in [6.07, 6.45) is 3.82. The molecule has 1 rings (SSSR count). The van der Waals surface area contributed by atoms with Crippen molar-refractivity contribution in [2.45, 2.75) is 19.8 Å². The third kappa shape index (κ3) is 1.76. The Morgan fingerprint density at radius 1 is 1.36 bits per heavy atom. The van der Waals surface area contributed by atoms with Crippen LogP contribution in [0.5, 0.6) is 0 Å². The third-order valence-corrected chi connectivity index (χ3v) is 1.92. The Morgan fingerprint density at radius 3 is 2.45 bits per heavy atom. The van der Waals surface area contributed by atoms with Crippen LogP contribution in [0.25, 0.3) is 0 Å². The smallest absolute Gasteiger partial charge is 0.116 e. The second-order valence-electron chi connectivity index (χ2n) is 3.22. The van der Waals surface area contributed by atoms with Gasteiger partial charge in [0.2, 0.25) is 0 Å². The Morgan fingerprint density at radius 2 is 2.00 bits per heavy atom. The van der Waals surface area contributed by atoms with Crippen molar-refractivity contribution in [3.05, 3.63) is 23.1 Å². The van der Waals surface area contributed by atoms with Crippen molar-refractivity contribution in [3.8, 4) is 0 Å². The largest absolute Gasteiger partial charge is 0.510 e. The van der Waals surface area contributed by atoms with Gasteiger partial charge in [-0.2, -0.15) is 0 Å². The zero-order chi connectivity index (χ0) is 8.43. The van der Waals surface area contributed by atoms with Gasteiger partial charge >= 0.3 is 0 Å². The van der Waals surface area contributed by atoms with E-state index in [2.05, 4.69) is 6.92 Å². The SMILES string of the molecule is CC1=CC(N(C)C)=C(O)CC1. The Labute approximate surface area is 67.8 Å². The van der Waals surface area contributed by atoms with Crippen LogP contribution in [0.2, 0.25) is 0 Å². The zero-order valence-corrected chi connectivity index (χ0v) is 7.39. The Kier molecular flexibility index (Phi) is 2.22. The monoisotopic (exact) mass is 153 g/mol. The van der Waals surface area contributed by atoms with Gasteiger partial charge in [-0.15, -0.1) is 0 Å². The van der Waals surface area contributed by atoms with Crippen molar-refractivity contribution >= 4 is 0 Å². The summed E-state index contributed by atoms with van der Waals surface area (Å²) in [4.78, 5) is 1.94. The normalized spacial score (nSPS) is 18.3. The van der Waals surface area contributed by atoms with E-state index in [0.717, 1.165) is 18.5 Å². The fourth-order valence-corrected chi connectivity index (χ4v) is 1.22. The number of aliphatic hydroxyl groups is 1. The third-order valence-electron chi connectivity index (χ3n) is 1.92. The van der Waals surface area contributed by atoms with Crippen LogP contribution in [-0.2, 0) is 0 Å². The van der Waals surface area contributed by atoms with E-state index in [0.29, 0.717) is 5.76 Å². The van der Waals surface area contributed by atoms with Gasteiger partial charge in [-0.1, -0.05) is 5.57 Å². The van der Waals surface area contributed by atoms with Crippen LogP contribution in [0.4, 0.5) is 0 Å². The quantitative estimate of drug-likeness (QED) is 0.623. The summed E-state index contributed by atoms with van der Waals surface area (Å²) >= 11 is 0. The second-order valence-corrected chi connectivity index (χ2v) is 3.22. The molecule has 2 nitrogen and oxygen atoms in total. The minimum absolute atomic E-state index is 0.514. The number of allylic oxidation sites excluding steroid dienone is 3. The Hall–Kier alpha value is -0.920. The number of aliphatic hydroxyl groups excluding tert-OH is 1. The second kappa shape index (κ2) is 2.99. The fraction of sp³-hybridized carbons (Fsp3) is 0.556. The van der Waals surface area contributed by atoms with Crippen molar-refractivity contribution in [2.75, 3.05) is 14.1 Å². The highest BCUT2D eigenvalue weighted by Gasteiger charge is 2.10. The zero-order valence-electron chi connectivity index (χ0n) is 7.39. The summed E-state index contributed by atoms with van der Waals surface area (Å²) in [6.45, 7) is 2.09. The van der Waals surface area contributed by atoms with Crippen molar-refractivity contribution in [1.29, 1.82) is 0 Å². The van der Waals surface area contributed by atoms with E-state index in [1.807, 2.05) is 25.1 Å². The summed E-state index contributed by atoms with van der Waals surface area (Å²) in [6, 6.07) is 0. The standard InChI is InChI=1S/C9H15NO/c1-7-4-5-9(11)8(6-7)10(2)3/h6,11H,4-5H2,1-3H3. The predicted molar refractivity (Wildman–Crippen MR) is 46.3 cm³/mol. The molecule has 1 N–H and O–H groups in total. The first-order valence-electron chi connectivity index (χ1n) is 3.88. The highest BCUT2D eigenvalue weighted by Crippen LogP contribution is 2.22. The molecule has 2 heteroatoms. The molecule has 0 aromatic heterocycles. The van der Waals surface area contributed by atoms with Gasteiger partial charge in [-0.05, 0) is 19.4 Å². The summed E-state index contributed by atoms with van der Waals surface area (Å²) in [5.41, 5.74) is 2.29. The number of nitrogens with zero attached hydrogens (tertiary/aromatic N) is 1. The van der Waals surface area contributed by atoms with Gasteiger partial charge in [0, 0.05) is 20.5 Å². The number of hydrogen-bond donors (Lipinski definition) is 1. The van der Waals surface area contributed by atoms with Gasteiger partial charge in [0.15, 0.2) is 0 Å². The molecular formula is C9H15NO. The lowest BCUT2D eigenvalue weighted by Crippen LogP contribution is -2.14. The lowest BCUT2D eigenvalue weighted by Gasteiger charge is -2.20. The van der Waals surface area contributed by atoms with E-state index in [4.69, 9.17) is 0 Å². The highest BCUT2D eigenvalue weighted by atomic mass is 16.3. The number of rotatable bonds is 1. The topological polar surface area (TPSA) is 23.5 Å². The maximum absolute atomic E-state index is 9.45. The van der Waals surface area contributed by atoms with Crippen molar-refractivity contribution in [1.82, 2.24) is 4.90 Å². The molecule has 0 aliphatic heterocycles. The van der Waals surface area contributed by atoms with Gasteiger partial charge in [0.1, 0.15) is 5.76 Å². The van der Waals surface area contributed by atoms with Gasteiger partial charge in [-0.3, -0.25) is 0 Å². The Bertz CT molecular complexity index is 214. The van der Waals surface area contributed by atoms with Crippen LogP contribution in [0.15, 0.2) is 23.1 Å². The molecule has 0 spiro atoms. The molecule has 62 valence electrons. The first-order valence-corrected chi connectivity index (χ1v) is 3.88. The molecule has 0 saturated carbocycles. The van der Waals surface area contributed by atoms with E-state index in [1.54, 1.807) is 0 Å². The summed E-state index contributed by atoms with van der Waals surface area (Å²) < 4.78 is 0. The molecule has 0 aromatic rings. The van der Waals surface area contributed by atoms with Crippen molar-refractivity contribution in [2.24, 2.45) is 0 Å². The number of likely N-dealkylation sites (N-methyl/N-ethyl adjacent to an activating group) is 1. The minimum Gasteiger partial charge on any atom is -0.510 e. The van der Waals surface area contributed by atoms with Crippen molar-refractivity contribution in [3.63, 3.8) is 0 Å². The van der Waals surface area contributed by atoms with E-state index < -0.39 is 0 Å². The highest BCUT2D eigenvalue weighted by molar-refractivity contribution is 5.28. The first kappa shape index (κ1) is 8.18. The molecule has 11 heavy (non-hydrogen) atoms. The van der Waals surface area contributed by atoms with Gasteiger partial charge in [0.05, 0.1) is 5.70 Å². The van der Waals surface area contributed by atoms with Crippen LogP contribution < -0.4 is 0 Å². The summed E-state index contributed by atoms with van der Waals surface area (Å²) in [5, 5.41) is 9.45. The molecule has 1 aliphatic carbocycles. The van der Waals surface area contributed by atoms with E-state index >= 15 is 0 Å². The van der Waals surface area contributed by atoms with Crippen LogP contribution >= 0.6 is 0 Å². The fourth-order valence-electron chi connectivity index (χ4n) is 1.22. The molecule has 0 heterocycles. The van der Waals surface area contributed by atoms with Crippen LogP contribution in [0.3, 0.4) is 0 Å². The molecule has 0 saturated heterocycles.